The molecule has 2 atom stereocenters. The molecule has 0 rings (SSSR count). The molecule has 2 unspecified atom stereocenters. The van der Waals surface area contributed by atoms with Gasteiger partial charge in [0.05, 0.1) is 27.7 Å². The van der Waals surface area contributed by atoms with Crippen molar-refractivity contribution in [3.8, 4) is 0 Å². The molecule has 0 aromatic heterocycles. The van der Waals surface area contributed by atoms with E-state index in [1.165, 1.54) is 231 Å². The quantitative estimate of drug-likeness (QED) is 0.0195. The number of phosphoric acid groups is 1. The van der Waals surface area contributed by atoms with E-state index >= 15 is 0 Å². The summed E-state index contributed by atoms with van der Waals surface area (Å²) in [6, 6.07) is 0. The number of likely N-dealkylation sites (N-methyl/N-ethyl adjacent to an activating group) is 1. The number of carbonyl (C=O) groups is 2. The number of carbonyl (C=O) groups excluding carboxylic acids is 2. The third-order valence-corrected chi connectivity index (χ3v) is 17.6. The van der Waals surface area contributed by atoms with Crippen molar-refractivity contribution in [1.82, 2.24) is 0 Å². The second-order valence-electron chi connectivity index (χ2n) is 26.6. The van der Waals surface area contributed by atoms with E-state index in [0.717, 1.165) is 83.5 Å². The van der Waals surface area contributed by atoms with Crippen LogP contribution in [0.2, 0.25) is 0 Å². The summed E-state index contributed by atoms with van der Waals surface area (Å²) in [5, 5.41) is 0. The van der Waals surface area contributed by atoms with Crippen LogP contribution in [-0.4, -0.2) is 70.0 Å². The Hall–Kier alpha value is -3.07. The van der Waals surface area contributed by atoms with E-state index in [-0.39, 0.29) is 32.0 Å². The van der Waals surface area contributed by atoms with Crippen LogP contribution in [0.1, 0.15) is 348 Å². The Morgan fingerprint density at radius 1 is 0.356 bits per heavy atom. The van der Waals surface area contributed by atoms with Crippen LogP contribution in [0.15, 0.2) is 97.2 Å². The van der Waals surface area contributed by atoms with Crippen LogP contribution >= 0.6 is 7.82 Å². The first-order valence-corrected chi connectivity index (χ1v) is 39.4. The average Bonchev–Trinajstić information content (AvgIpc) is 3.58. The van der Waals surface area contributed by atoms with Crippen LogP contribution in [0.4, 0.5) is 0 Å². The first kappa shape index (κ1) is 86.9. The zero-order valence-electron chi connectivity index (χ0n) is 59.6. The monoisotopic (exact) mass is 1280 g/mol. The van der Waals surface area contributed by atoms with Crippen molar-refractivity contribution in [3.05, 3.63) is 97.2 Å². The number of hydrogen-bond donors (Lipinski definition) is 0. The smallest absolute Gasteiger partial charge is 0.306 e. The van der Waals surface area contributed by atoms with Gasteiger partial charge in [0.1, 0.15) is 19.8 Å². The Morgan fingerprint density at radius 2 is 0.633 bits per heavy atom. The Kier molecular flexibility index (Phi) is 67.9. The maximum absolute atomic E-state index is 12.9. The maximum Gasteiger partial charge on any atom is 0.306 e. The fourth-order valence-corrected chi connectivity index (χ4v) is 11.5. The predicted octanol–water partition coefficient (Wildman–Crippen LogP) is 24.4. The van der Waals surface area contributed by atoms with Crippen LogP contribution in [-0.2, 0) is 32.7 Å². The van der Waals surface area contributed by atoms with Gasteiger partial charge in [-0.3, -0.25) is 14.2 Å². The van der Waals surface area contributed by atoms with Gasteiger partial charge in [0.2, 0.25) is 0 Å². The second-order valence-corrected chi connectivity index (χ2v) is 28.0. The summed E-state index contributed by atoms with van der Waals surface area (Å²) >= 11 is 0. The SMILES string of the molecule is CC/C=C\C/C=C\C/C=C\C/C=C\C/C=C\CCCCCCCCCCCCCCCCCCCCCCCC(=O)OC(COC(=O)CCCCCCCCCCCCCCCC/C=C\C/C=C\C/C=C\CCCCCCC)COP(=O)([O-])OCC[N+](C)(C)C. The van der Waals surface area contributed by atoms with Crippen molar-refractivity contribution >= 4 is 19.8 Å². The highest BCUT2D eigenvalue weighted by atomic mass is 31.2. The van der Waals surface area contributed by atoms with Crippen LogP contribution in [0.25, 0.3) is 0 Å². The van der Waals surface area contributed by atoms with E-state index in [9.17, 15) is 19.0 Å². The average molecular weight is 1280 g/mol. The molecule has 0 heterocycles. The molecule has 0 N–H and O–H groups in total. The number of nitrogens with zero attached hydrogens (tertiary/aromatic N) is 1. The zero-order valence-corrected chi connectivity index (χ0v) is 60.5. The van der Waals surface area contributed by atoms with Crippen molar-refractivity contribution in [2.75, 3.05) is 47.5 Å². The fraction of sp³-hybridized carbons (Fsp3) is 0.775. The molecule has 0 radical (unpaired) electrons. The van der Waals surface area contributed by atoms with E-state index < -0.39 is 26.5 Å². The molecule has 0 saturated carbocycles. The molecule has 0 spiro atoms. The van der Waals surface area contributed by atoms with Gasteiger partial charge < -0.3 is 27.9 Å². The molecule has 0 aliphatic heterocycles. The predicted molar refractivity (Wildman–Crippen MR) is 388 cm³/mol. The highest BCUT2D eigenvalue weighted by molar-refractivity contribution is 7.45. The lowest BCUT2D eigenvalue weighted by atomic mass is 10.0. The van der Waals surface area contributed by atoms with Crippen molar-refractivity contribution in [2.24, 2.45) is 0 Å². The van der Waals surface area contributed by atoms with Crippen molar-refractivity contribution in [3.63, 3.8) is 0 Å². The van der Waals surface area contributed by atoms with Crippen LogP contribution in [0.5, 0.6) is 0 Å². The molecule has 522 valence electrons. The lowest BCUT2D eigenvalue weighted by molar-refractivity contribution is -0.870. The Labute approximate surface area is 557 Å². The number of quaternary nitrogens is 1. The Balaban J connectivity index is 3.97. The molecule has 0 aromatic rings. The van der Waals surface area contributed by atoms with Crippen LogP contribution in [0, 0.1) is 0 Å². The van der Waals surface area contributed by atoms with E-state index in [1.807, 2.05) is 21.1 Å². The van der Waals surface area contributed by atoms with Crippen molar-refractivity contribution in [1.29, 1.82) is 0 Å². The minimum atomic E-state index is -4.65. The van der Waals surface area contributed by atoms with Crippen LogP contribution in [0.3, 0.4) is 0 Å². The van der Waals surface area contributed by atoms with E-state index in [1.54, 1.807) is 0 Å². The highest BCUT2D eigenvalue weighted by Crippen LogP contribution is 2.38. The van der Waals surface area contributed by atoms with E-state index in [2.05, 4.69) is 111 Å². The number of hydrogen-bond acceptors (Lipinski definition) is 8. The van der Waals surface area contributed by atoms with Crippen LogP contribution < -0.4 is 4.89 Å². The van der Waals surface area contributed by atoms with E-state index in [0.29, 0.717) is 17.4 Å². The third kappa shape index (κ3) is 74.0. The lowest BCUT2D eigenvalue weighted by Crippen LogP contribution is -2.37. The second kappa shape index (κ2) is 70.3. The number of allylic oxidation sites excluding steroid dienone is 16. The molecule has 0 aliphatic rings. The first-order chi connectivity index (χ1) is 44.0. The Morgan fingerprint density at radius 3 is 0.944 bits per heavy atom. The maximum atomic E-state index is 12.9. The summed E-state index contributed by atoms with van der Waals surface area (Å²) in [5.74, 6) is -0.820. The molecule has 9 nitrogen and oxygen atoms in total. The van der Waals surface area contributed by atoms with Gasteiger partial charge in [-0.05, 0) is 96.3 Å². The third-order valence-electron chi connectivity index (χ3n) is 16.6. The van der Waals surface area contributed by atoms with Gasteiger partial charge >= 0.3 is 11.9 Å². The normalized spacial score (nSPS) is 13.6. The summed E-state index contributed by atoms with van der Waals surface area (Å²) in [6.45, 7) is 4.16. The lowest BCUT2D eigenvalue weighted by Gasteiger charge is -2.28. The van der Waals surface area contributed by atoms with Crippen molar-refractivity contribution < 1.29 is 42.1 Å². The molecule has 0 amide bonds. The molecule has 0 fully saturated rings. The largest absolute Gasteiger partial charge is 0.756 e. The minimum Gasteiger partial charge on any atom is -0.756 e. The minimum absolute atomic E-state index is 0.0317. The molecular formula is C80H144NO8P. The zero-order chi connectivity index (χ0) is 65.5. The van der Waals surface area contributed by atoms with Gasteiger partial charge in [0, 0.05) is 12.8 Å². The summed E-state index contributed by atoms with van der Waals surface area (Å²) in [5.41, 5.74) is 0. The topological polar surface area (TPSA) is 111 Å². The van der Waals surface area contributed by atoms with Gasteiger partial charge in [-0.2, -0.15) is 0 Å². The summed E-state index contributed by atoms with van der Waals surface area (Å²) in [7, 11) is 1.17. The van der Waals surface area contributed by atoms with Gasteiger partial charge in [-0.1, -0.05) is 336 Å². The fourth-order valence-electron chi connectivity index (χ4n) is 10.8. The van der Waals surface area contributed by atoms with Gasteiger partial charge in [-0.25, -0.2) is 0 Å². The standard InChI is InChI=1S/C80H144NO8P/c1-6-8-10-12-14-16-18-20-22-24-26-28-30-32-34-36-37-38-39-40-41-42-43-45-47-49-51-53-55-57-59-61-63-65-67-69-71-73-80(83)89-78(77-88-90(84,85)87-75-74-81(3,4)5)76-86-79(82)72-70-68-66-64-62-60-58-56-54-52-50-48-46-44-35-33-31-29-27-25-23-21-19-17-15-13-11-9-7-2/h8,10,14,16,19-22,25-28,31-34,78H,6-7,9,11-13,15,17-18,23-24,29-30,35-77H2,1-5H3/b10-8-,16-14-,21-19-,22-20-,27-25-,28-26-,33-31-,34-32-. The highest BCUT2D eigenvalue weighted by Gasteiger charge is 2.22. The molecule has 90 heavy (non-hydrogen) atoms. The first-order valence-electron chi connectivity index (χ1n) is 37.9. The molecular weight excluding hydrogens is 1130 g/mol. The summed E-state index contributed by atoms with van der Waals surface area (Å²) in [6.07, 6.45) is 97.9. The van der Waals surface area contributed by atoms with Gasteiger partial charge in [0.25, 0.3) is 7.82 Å². The van der Waals surface area contributed by atoms with E-state index in [4.69, 9.17) is 18.5 Å². The number of esters is 2. The van der Waals surface area contributed by atoms with Crippen molar-refractivity contribution in [2.45, 2.75) is 354 Å². The summed E-state index contributed by atoms with van der Waals surface area (Å²) < 4.78 is 34.4. The molecule has 0 saturated heterocycles. The Bertz CT molecular complexity index is 1840. The number of ether oxygens (including phenoxy) is 2. The molecule has 10 heteroatoms. The molecule has 0 aromatic carbocycles. The summed E-state index contributed by atoms with van der Waals surface area (Å²) in [4.78, 5) is 38.1. The molecule has 0 bridgehead atoms. The van der Waals surface area contributed by atoms with Gasteiger partial charge in [-0.15, -0.1) is 0 Å². The number of phosphoric ester groups is 1. The number of rotatable bonds is 70. The van der Waals surface area contributed by atoms with Gasteiger partial charge in [0.15, 0.2) is 6.10 Å². The molecule has 0 aliphatic carbocycles. The number of unbranched alkanes of at least 4 members (excludes halogenated alkanes) is 40.